The Hall–Kier alpha value is -1.51. The van der Waals surface area contributed by atoms with Crippen molar-refractivity contribution in [3.63, 3.8) is 0 Å². The minimum Gasteiger partial charge on any atom is -0.399 e. The fourth-order valence-electron chi connectivity index (χ4n) is 2.23. The second-order valence-electron chi connectivity index (χ2n) is 4.84. The van der Waals surface area contributed by atoms with Crippen LogP contribution in [0.3, 0.4) is 0 Å². The third kappa shape index (κ3) is 2.18. The zero-order valence-electron chi connectivity index (χ0n) is 9.62. The van der Waals surface area contributed by atoms with Gasteiger partial charge < -0.3 is 11.1 Å². The number of benzene rings is 1. The van der Waals surface area contributed by atoms with Gasteiger partial charge in [-0.25, -0.2) is 0 Å². The Balaban J connectivity index is 2.04. The molecule has 1 aliphatic carbocycles. The first kappa shape index (κ1) is 11.0. The number of carbonyl (C=O) groups is 1. The topological polar surface area (TPSA) is 55.1 Å². The molecule has 1 amide bonds. The average Bonchev–Trinajstić information content (AvgIpc) is 2.70. The maximum atomic E-state index is 12.1. The van der Waals surface area contributed by atoms with Gasteiger partial charge in [0.15, 0.2) is 0 Å². The summed E-state index contributed by atoms with van der Waals surface area (Å²) < 4.78 is 0. The van der Waals surface area contributed by atoms with E-state index in [1.54, 1.807) is 12.1 Å². The number of nitrogens with one attached hydrogen (secondary N) is 1. The summed E-state index contributed by atoms with van der Waals surface area (Å²) in [6, 6.07) is 7.27. The molecule has 0 aromatic heterocycles. The van der Waals surface area contributed by atoms with E-state index in [-0.39, 0.29) is 11.3 Å². The SMILES string of the molecule is CC1(C(=O)Nc2ccc(N)cc2)CCCC1. The molecule has 3 nitrogen and oxygen atoms in total. The molecule has 1 aromatic carbocycles. The summed E-state index contributed by atoms with van der Waals surface area (Å²) in [5.74, 6) is 0.134. The Bertz CT molecular complexity index is 377. The molecule has 0 saturated heterocycles. The van der Waals surface area contributed by atoms with Crippen molar-refractivity contribution >= 4 is 17.3 Å². The van der Waals surface area contributed by atoms with Crippen molar-refractivity contribution in [2.24, 2.45) is 5.41 Å². The lowest BCUT2D eigenvalue weighted by molar-refractivity contribution is -0.124. The van der Waals surface area contributed by atoms with Crippen molar-refractivity contribution in [2.75, 3.05) is 11.1 Å². The number of nitrogens with two attached hydrogens (primary N) is 1. The van der Waals surface area contributed by atoms with Crippen molar-refractivity contribution in [1.29, 1.82) is 0 Å². The van der Waals surface area contributed by atoms with E-state index in [0.717, 1.165) is 31.4 Å². The molecule has 2 rings (SSSR count). The van der Waals surface area contributed by atoms with E-state index in [1.807, 2.05) is 19.1 Å². The van der Waals surface area contributed by atoms with Crippen LogP contribution in [0.1, 0.15) is 32.6 Å². The van der Waals surface area contributed by atoms with Gasteiger partial charge in [-0.1, -0.05) is 19.8 Å². The minimum atomic E-state index is -0.179. The third-order valence-electron chi connectivity index (χ3n) is 3.42. The largest absolute Gasteiger partial charge is 0.399 e. The van der Waals surface area contributed by atoms with Crippen LogP contribution in [0.5, 0.6) is 0 Å². The molecule has 1 saturated carbocycles. The number of nitrogen functional groups attached to an aromatic ring is 1. The van der Waals surface area contributed by atoms with Gasteiger partial charge in [0.2, 0.25) is 5.91 Å². The van der Waals surface area contributed by atoms with Gasteiger partial charge in [0.1, 0.15) is 0 Å². The zero-order valence-corrected chi connectivity index (χ0v) is 9.62. The first-order valence-corrected chi connectivity index (χ1v) is 5.77. The molecule has 0 radical (unpaired) electrons. The second-order valence-corrected chi connectivity index (χ2v) is 4.84. The summed E-state index contributed by atoms with van der Waals surface area (Å²) in [5.41, 5.74) is 6.95. The number of hydrogen-bond acceptors (Lipinski definition) is 2. The highest BCUT2D eigenvalue weighted by atomic mass is 16.2. The van der Waals surface area contributed by atoms with E-state index in [1.165, 1.54) is 0 Å². The molecule has 1 aliphatic rings. The molecule has 0 atom stereocenters. The highest BCUT2D eigenvalue weighted by molar-refractivity contribution is 5.95. The maximum Gasteiger partial charge on any atom is 0.230 e. The summed E-state index contributed by atoms with van der Waals surface area (Å²) in [4.78, 5) is 12.1. The van der Waals surface area contributed by atoms with Crippen LogP contribution in [0.4, 0.5) is 11.4 Å². The number of rotatable bonds is 2. The van der Waals surface area contributed by atoms with Crippen LogP contribution in [0.2, 0.25) is 0 Å². The first-order chi connectivity index (χ1) is 7.60. The van der Waals surface area contributed by atoms with E-state index in [4.69, 9.17) is 5.73 Å². The van der Waals surface area contributed by atoms with Crippen LogP contribution < -0.4 is 11.1 Å². The fraction of sp³-hybridized carbons (Fsp3) is 0.462. The van der Waals surface area contributed by atoms with E-state index in [2.05, 4.69) is 5.32 Å². The van der Waals surface area contributed by atoms with Gasteiger partial charge in [0, 0.05) is 16.8 Å². The van der Waals surface area contributed by atoms with Crippen molar-refractivity contribution in [2.45, 2.75) is 32.6 Å². The van der Waals surface area contributed by atoms with Crippen LogP contribution in [-0.2, 0) is 4.79 Å². The van der Waals surface area contributed by atoms with Crippen LogP contribution in [0.25, 0.3) is 0 Å². The zero-order chi connectivity index (χ0) is 11.6. The van der Waals surface area contributed by atoms with Crippen molar-refractivity contribution < 1.29 is 4.79 Å². The first-order valence-electron chi connectivity index (χ1n) is 5.77. The van der Waals surface area contributed by atoms with Gasteiger partial charge >= 0.3 is 0 Å². The normalized spacial score (nSPS) is 18.3. The minimum absolute atomic E-state index is 0.134. The molecule has 0 heterocycles. The molecule has 1 fully saturated rings. The van der Waals surface area contributed by atoms with E-state index >= 15 is 0 Å². The molecule has 3 heteroatoms. The summed E-state index contributed by atoms with van der Waals surface area (Å²) in [6.45, 7) is 2.05. The van der Waals surface area contributed by atoms with Crippen LogP contribution >= 0.6 is 0 Å². The Morgan fingerprint density at radius 2 is 1.81 bits per heavy atom. The Kier molecular flexibility index (Phi) is 2.86. The lowest BCUT2D eigenvalue weighted by Gasteiger charge is -2.22. The molecule has 86 valence electrons. The molecule has 0 spiro atoms. The van der Waals surface area contributed by atoms with Crippen LogP contribution in [0, 0.1) is 5.41 Å². The number of hydrogen-bond donors (Lipinski definition) is 2. The summed E-state index contributed by atoms with van der Waals surface area (Å²) >= 11 is 0. The average molecular weight is 218 g/mol. The molecular formula is C13H18N2O. The van der Waals surface area contributed by atoms with Crippen molar-refractivity contribution in [1.82, 2.24) is 0 Å². The lowest BCUT2D eigenvalue weighted by Crippen LogP contribution is -2.30. The van der Waals surface area contributed by atoms with Gasteiger partial charge in [-0.3, -0.25) is 4.79 Å². The molecule has 0 aliphatic heterocycles. The smallest absolute Gasteiger partial charge is 0.230 e. The van der Waals surface area contributed by atoms with E-state index in [0.29, 0.717) is 5.69 Å². The standard InChI is InChI=1S/C13H18N2O/c1-13(8-2-3-9-13)12(16)15-11-6-4-10(14)5-7-11/h4-7H,2-3,8-9,14H2,1H3,(H,15,16). The summed E-state index contributed by atoms with van der Waals surface area (Å²) in [5, 5.41) is 2.96. The lowest BCUT2D eigenvalue weighted by atomic mass is 9.88. The fourth-order valence-corrected chi connectivity index (χ4v) is 2.23. The monoisotopic (exact) mass is 218 g/mol. The second kappa shape index (κ2) is 4.16. The van der Waals surface area contributed by atoms with Crippen molar-refractivity contribution in [3.8, 4) is 0 Å². The molecule has 3 N–H and O–H groups in total. The highest BCUT2D eigenvalue weighted by Crippen LogP contribution is 2.38. The van der Waals surface area contributed by atoms with Gasteiger partial charge in [-0.15, -0.1) is 0 Å². The highest BCUT2D eigenvalue weighted by Gasteiger charge is 2.36. The van der Waals surface area contributed by atoms with Crippen LogP contribution in [-0.4, -0.2) is 5.91 Å². The number of carbonyl (C=O) groups excluding carboxylic acids is 1. The molecule has 0 bridgehead atoms. The predicted molar refractivity (Wildman–Crippen MR) is 66.1 cm³/mol. The van der Waals surface area contributed by atoms with Crippen LogP contribution in [0.15, 0.2) is 24.3 Å². The molecular weight excluding hydrogens is 200 g/mol. The number of anilines is 2. The van der Waals surface area contributed by atoms with Gasteiger partial charge in [-0.05, 0) is 37.1 Å². The number of amides is 1. The van der Waals surface area contributed by atoms with Gasteiger partial charge in [0.05, 0.1) is 0 Å². The Morgan fingerprint density at radius 1 is 1.25 bits per heavy atom. The van der Waals surface area contributed by atoms with Gasteiger partial charge in [-0.2, -0.15) is 0 Å². The van der Waals surface area contributed by atoms with Crippen molar-refractivity contribution in [3.05, 3.63) is 24.3 Å². The molecule has 16 heavy (non-hydrogen) atoms. The predicted octanol–water partition coefficient (Wildman–Crippen LogP) is 2.79. The molecule has 0 unspecified atom stereocenters. The third-order valence-corrected chi connectivity index (χ3v) is 3.42. The maximum absolute atomic E-state index is 12.1. The summed E-state index contributed by atoms with van der Waals surface area (Å²) in [6.07, 6.45) is 4.30. The molecule has 1 aromatic rings. The Morgan fingerprint density at radius 3 is 2.38 bits per heavy atom. The van der Waals surface area contributed by atoms with E-state index < -0.39 is 0 Å². The summed E-state index contributed by atoms with van der Waals surface area (Å²) in [7, 11) is 0. The van der Waals surface area contributed by atoms with Gasteiger partial charge in [0.25, 0.3) is 0 Å². The van der Waals surface area contributed by atoms with E-state index in [9.17, 15) is 4.79 Å². The quantitative estimate of drug-likeness (QED) is 0.750. The Labute approximate surface area is 96.0 Å².